The van der Waals surface area contributed by atoms with Crippen molar-refractivity contribution in [1.82, 2.24) is 9.97 Å². The fraction of sp³-hybridized carbons (Fsp3) is 0.154. The lowest BCUT2D eigenvalue weighted by molar-refractivity contribution is 0.895. The minimum Gasteiger partial charge on any atom is -0.386 e. The maximum Gasteiger partial charge on any atom is 0.148 e. The zero-order valence-corrected chi connectivity index (χ0v) is 15.6. The molecule has 2 N–H and O–H groups in total. The standard InChI is InChI=1S/C8H9BrN4.C5H3Br2N/c9-6-1-2-8(11-5-6)13-4-3-7(10)12-13;6-4-1-2-5(7)8-3-4/h1-2,5H,3-4H2,(H2,10,12);1-3H. The average Bonchev–Trinajstić information content (AvgIpc) is 2.90. The molecule has 0 saturated heterocycles. The van der Waals surface area contributed by atoms with Gasteiger partial charge in [-0.3, -0.25) is 0 Å². The van der Waals surface area contributed by atoms with Crippen molar-refractivity contribution < 1.29 is 0 Å². The van der Waals surface area contributed by atoms with E-state index in [0.29, 0.717) is 5.84 Å². The third kappa shape index (κ3) is 5.37. The second-order valence-corrected chi connectivity index (χ2v) is 6.74. The Bertz CT molecular complexity index is 592. The van der Waals surface area contributed by atoms with Crippen LogP contribution in [0.25, 0.3) is 0 Å². The van der Waals surface area contributed by atoms with E-state index in [1.165, 1.54) is 0 Å². The molecule has 0 radical (unpaired) electrons. The summed E-state index contributed by atoms with van der Waals surface area (Å²) in [5.74, 6) is 1.51. The van der Waals surface area contributed by atoms with Crippen molar-refractivity contribution in [2.75, 3.05) is 11.6 Å². The van der Waals surface area contributed by atoms with Crippen LogP contribution in [-0.2, 0) is 0 Å². The van der Waals surface area contributed by atoms with Gasteiger partial charge in [0.25, 0.3) is 0 Å². The van der Waals surface area contributed by atoms with Crippen LogP contribution in [0.2, 0.25) is 0 Å². The van der Waals surface area contributed by atoms with E-state index in [9.17, 15) is 0 Å². The first-order valence-electron chi connectivity index (χ1n) is 6.03. The van der Waals surface area contributed by atoms with E-state index in [4.69, 9.17) is 5.73 Å². The molecule has 0 unspecified atom stereocenters. The van der Waals surface area contributed by atoms with Crippen molar-refractivity contribution >= 4 is 59.4 Å². The van der Waals surface area contributed by atoms with Crippen LogP contribution < -0.4 is 10.7 Å². The Morgan fingerprint density at radius 2 is 1.62 bits per heavy atom. The molecule has 0 aliphatic carbocycles. The summed E-state index contributed by atoms with van der Waals surface area (Å²) in [7, 11) is 0. The number of anilines is 1. The van der Waals surface area contributed by atoms with E-state index in [2.05, 4.69) is 62.9 Å². The fourth-order valence-corrected chi connectivity index (χ4v) is 2.22. The lowest BCUT2D eigenvalue weighted by atomic mass is 10.4. The van der Waals surface area contributed by atoms with Crippen LogP contribution in [0.5, 0.6) is 0 Å². The van der Waals surface area contributed by atoms with Gasteiger partial charge in [-0.1, -0.05) is 0 Å². The van der Waals surface area contributed by atoms with Crippen LogP contribution in [0, 0.1) is 0 Å². The van der Waals surface area contributed by atoms with Crippen LogP contribution in [-0.4, -0.2) is 22.3 Å². The van der Waals surface area contributed by atoms with E-state index in [0.717, 1.165) is 32.3 Å². The molecule has 0 fully saturated rings. The van der Waals surface area contributed by atoms with Crippen molar-refractivity contribution in [1.29, 1.82) is 0 Å². The van der Waals surface area contributed by atoms with Gasteiger partial charge >= 0.3 is 0 Å². The molecule has 8 heteroatoms. The third-order valence-corrected chi connectivity index (χ3v) is 3.90. The number of nitrogens with zero attached hydrogens (tertiary/aromatic N) is 4. The highest BCUT2D eigenvalue weighted by Crippen LogP contribution is 2.17. The number of hydrogen-bond donors (Lipinski definition) is 1. The van der Waals surface area contributed by atoms with Crippen LogP contribution in [0.3, 0.4) is 0 Å². The Balaban J connectivity index is 0.000000173. The van der Waals surface area contributed by atoms with Gasteiger partial charge in [0.05, 0.1) is 6.54 Å². The van der Waals surface area contributed by atoms with Gasteiger partial charge in [-0.2, -0.15) is 5.10 Å². The third-order valence-electron chi connectivity index (χ3n) is 2.50. The summed E-state index contributed by atoms with van der Waals surface area (Å²) in [6.45, 7) is 0.820. The molecule has 0 atom stereocenters. The Morgan fingerprint density at radius 1 is 0.952 bits per heavy atom. The summed E-state index contributed by atoms with van der Waals surface area (Å²) < 4.78 is 2.83. The van der Waals surface area contributed by atoms with E-state index < -0.39 is 0 Å². The second-order valence-electron chi connectivity index (χ2n) is 4.10. The molecule has 0 bridgehead atoms. The SMILES string of the molecule is Brc1ccc(Br)nc1.NC1=NN(c2ccc(Br)cn2)CC1. The van der Waals surface area contributed by atoms with E-state index in [-0.39, 0.29) is 0 Å². The first-order valence-corrected chi connectivity index (χ1v) is 8.41. The van der Waals surface area contributed by atoms with Gasteiger partial charge in [0.2, 0.25) is 0 Å². The molecule has 0 spiro atoms. The van der Waals surface area contributed by atoms with Crippen molar-refractivity contribution in [3.05, 3.63) is 50.2 Å². The molecule has 110 valence electrons. The first kappa shape index (κ1) is 16.4. The van der Waals surface area contributed by atoms with Gasteiger partial charge < -0.3 is 5.73 Å². The smallest absolute Gasteiger partial charge is 0.148 e. The average molecular weight is 478 g/mol. The zero-order valence-electron chi connectivity index (χ0n) is 10.9. The molecule has 0 amide bonds. The van der Waals surface area contributed by atoms with Gasteiger partial charge in [0, 0.05) is 27.8 Å². The van der Waals surface area contributed by atoms with E-state index in [1.807, 2.05) is 29.3 Å². The highest BCUT2D eigenvalue weighted by molar-refractivity contribution is 9.11. The summed E-state index contributed by atoms with van der Waals surface area (Å²) in [5.41, 5.74) is 5.56. The number of hydrazone groups is 1. The number of aromatic nitrogens is 2. The Kier molecular flexibility index (Phi) is 6.13. The van der Waals surface area contributed by atoms with Crippen molar-refractivity contribution in [2.45, 2.75) is 6.42 Å². The van der Waals surface area contributed by atoms with Gasteiger partial charge in [-0.25, -0.2) is 15.0 Å². The predicted octanol–water partition coefficient (Wildman–Crippen LogP) is 3.93. The minimum atomic E-state index is 0.671. The molecule has 1 aliphatic rings. The van der Waals surface area contributed by atoms with Gasteiger partial charge in [0.1, 0.15) is 16.3 Å². The monoisotopic (exact) mass is 475 g/mol. The topological polar surface area (TPSA) is 67.4 Å². The van der Waals surface area contributed by atoms with Crippen LogP contribution >= 0.6 is 47.8 Å². The normalized spacial score (nSPS) is 13.5. The summed E-state index contributed by atoms with van der Waals surface area (Å²) >= 11 is 9.80. The zero-order chi connectivity index (χ0) is 15.2. The number of amidine groups is 1. The van der Waals surface area contributed by atoms with E-state index in [1.54, 1.807) is 12.4 Å². The maximum absolute atomic E-state index is 5.56. The fourth-order valence-electron chi connectivity index (χ4n) is 1.52. The lowest BCUT2D eigenvalue weighted by Crippen LogP contribution is -2.12. The summed E-state index contributed by atoms with van der Waals surface area (Å²) in [4.78, 5) is 8.16. The number of nitrogens with two attached hydrogens (primary N) is 1. The van der Waals surface area contributed by atoms with Gasteiger partial charge in [0.15, 0.2) is 0 Å². The summed E-state index contributed by atoms with van der Waals surface area (Å²) in [5, 5.41) is 5.95. The van der Waals surface area contributed by atoms with Crippen molar-refractivity contribution in [3.8, 4) is 0 Å². The van der Waals surface area contributed by atoms with Crippen molar-refractivity contribution in [2.24, 2.45) is 10.8 Å². The molecule has 0 saturated carbocycles. The van der Waals surface area contributed by atoms with Crippen LogP contribution in [0.15, 0.2) is 55.3 Å². The second kappa shape index (κ2) is 7.86. The molecular weight excluding hydrogens is 466 g/mol. The molecule has 21 heavy (non-hydrogen) atoms. The Labute approximate surface area is 148 Å². The highest BCUT2D eigenvalue weighted by atomic mass is 79.9. The maximum atomic E-state index is 5.56. The molecule has 3 heterocycles. The van der Waals surface area contributed by atoms with E-state index >= 15 is 0 Å². The largest absolute Gasteiger partial charge is 0.386 e. The Hall–Kier alpha value is -0.990. The molecule has 1 aliphatic heterocycles. The van der Waals surface area contributed by atoms with Crippen LogP contribution in [0.4, 0.5) is 5.82 Å². The minimum absolute atomic E-state index is 0.671. The van der Waals surface area contributed by atoms with Crippen LogP contribution in [0.1, 0.15) is 6.42 Å². The van der Waals surface area contributed by atoms with Gasteiger partial charge in [-0.15, -0.1) is 0 Å². The summed E-state index contributed by atoms with van der Waals surface area (Å²) in [6.07, 6.45) is 4.31. The number of halogens is 3. The first-order chi connectivity index (χ1) is 10.0. The predicted molar refractivity (Wildman–Crippen MR) is 95.2 cm³/mol. The van der Waals surface area contributed by atoms with Crippen molar-refractivity contribution in [3.63, 3.8) is 0 Å². The molecule has 0 aromatic carbocycles. The Morgan fingerprint density at radius 3 is 2.05 bits per heavy atom. The number of hydrogen-bond acceptors (Lipinski definition) is 5. The molecule has 5 nitrogen and oxygen atoms in total. The highest BCUT2D eigenvalue weighted by Gasteiger charge is 2.13. The quantitative estimate of drug-likeness (QED) is 0.632. The number of rotatable bonds is 1. The number of pyridine rings is 2. The molecule has 2 aromatic rings. The molecular formula is C13H12Br3N5. The van der Waals surface area contributed by atoms with Gasteiger partial charge in [-0.05, 0) is 72.1 Å². The molecule has 2 aromatic heterocycles. The lowest BCUT2D eigenvalue weighted by Gasteiger charge is -2.10. The molecule has 3 rings (SSSR count). The summed E-state index contributed by atoms with van der Waals surface area (Å²) in [6, 6.07) is 7.65.